The van der Waals surface area contributed by atoms with E-state index in [4.69, 9.17) is 4.74 Å². The molecular weight excluding hydrogens is 458 g/mol. The summed E-state index contributed by atoms with van der Waals surface area (Å²) < 4.78 is 5.37. The van der Waals surface area contributed by atoms with E-state index in [9.17, 15) is 14.4 Å². The Labute approximate surface area is 209 Å². The van der Waals surface area contributed by atoms with Crippen LogP contribution < -0.4 is 10.2 Å². The Balaban J connectivity index is 1.29. The number of ether oxygens (including phenoxy) is 1. The summed E-state index contributed by atoms with van der Waals surface area (Å²) in [4.78, 5) is 49.3. The van der Waals surface area contributed by atoms with Crippen LogP contribution in [0.25, 0.3) is 10.9 Å². The Morgan fingerprint density at radius 2 is 1.81 bits per heavy atom. The van der Waals surface area contributed by atoms with Crippen molar-refractivity contribution in [2.45, 2.75) is 18.9 Å². The highest BCUT2D eigenvalue weighted by atomic mass is 16.5. The van der Waals surface area contributed by atoms with Gasteiger partial charge in [0.2, 0.25) is 0 Å². The molecule has 2 aromatic carbocycles. The minimum Gasteiger partial charge on any atom is -0.379 e. The highest BCUT2D eigenvalue weighted by Crippen LogP contribution is 2.45. The van der Waals surface area contributed by atoms with Crippen LogP contribution in [0.5, 0.6) is 0 Å². The maximum Gasteiger partial charge on any atom is 0.332 e. The van der Waals surface area contributed by atoms with E-state index in [2.05, 4.69) is 15.2 Å². The lowest BCUT2D eigenvalue weighted by Crippen LogP contribution is -2.49. The van der Waals surface area contributed by atoms with Crippen LogP contribution in [0.1, 0.15) is 28.5 Å². The molecule has 0 spiro atoms. The van der Waals surface area contributed by atoms with Gasteiger partial charge in [-0.3, -0.25) is 14.5 Å². The zero-order valence-corrected chi connectivity index (χ0v) is 20.3. The number of carbonyl (C=O) groups excluding carboxylic acids is 3. The Morgan fingerprint density at radius 1 is 1.06 bits per heavy atom. The smallest absolute Gasteiger partial charge is 0.332 e. The van der Waals surface area contributed by atoms with Crippen LogP contribution in [-0.2, 0) is 21.5 Å². The number of morpholine rings is 1. The highest BCUT2D eigenvalue weighted by Gasteiger charge is 2.59. The number of amides is 4. The molecule has 2 saturated heterocycles. The van der Waals surface area contributed by atoms with Crippen LogP contribution in [0, 0.1) is 0 Å². The van der Waals surface area contributed by atoms with Crippen molar-refractivity contribution in [3.63, 3.8) is 0 Å². The Morgan fingerprint density at radius 3 is 2.64 bits per heavy atom. The summed E-state index contributed by atoms with van der Waals surface area (Å²) in [6.07, 6.45) is 0.658. The lowest BCUT2D eigenvalue weighted by atomic mass is 9.87. The fourth-order valence-electron chi connectivity index (χ4n) is 5.71. The minimum absolute atomic E-state index is 0.305. The number of para-hydroxylation sites is 2. The summed E-state index contributed by atoms with van der Waals surface area (Å²) in [6.45, 7) is 6.49. The number of aromatic amines is 1. The van der Waals surface area contributed by atoms with Crippen molar-refractivity contribution in [2.75, 3.05) is 50.8 Å². The Bertz CT molecular complexity index is 1360. The molecule has 9 nitrogen and oxygen atoms in total. The SMILES string of the molecule is CC12C(=O)N(c3ccccc3C(=O)NCCN3CCOCC3)C(=O)N1CCc1c2[nH]c2ccccc12. The first-order valence-corrected chi connectivity index (χ1v) is 12.4. The van der Waals surface area contributed by atoms with E-state index in [0.29, 0.717) is 50.5 Å². The van der Waals surface area contributed by atoms with Crippen LogP contribution in [0.3, 0.4) is 0 Å². The number of carbonyl (C=O) groups is 3. The van der Waals surface area contributed by atoms with Crippen LogP contribution in [0.15, 0.2) is 48.5 Å². The predicted octanol–water partition coefficient (Wildman–Crippen LogP) is 2.47. The molecule has 6 rings (SSSR count). The van der Waals surface area contributed by atoms with Gasteiger partial charge in [0.25, 0.3) is 11.8 Å². The van der Waals surface area contributed by atoms with Crippen molar-refractivity contribution in [2.24, 2.45) is 0 Å². The van der Waals surface area contributed by atoms with E-state index in [-0.39, 0.29) is 11.8 Å². The number of hydrogen-bond donors (Lipinski definition) is 2. The van der Waals surface area contributed by atoms with Crippen molar-refractivity contribution in [1.82, 2.24) is 20.1 Å². The van der Waals surface area contributed by atoms with Gasteiger partial charge in [0.15, 0.2) is 5.54 Å². The van der Waals surface area contributed by atoms with Gasteiger partial charge in [-0.25, -0.2) is 9.69 Å². The van der Waals surface area contributed by atoms with E-state index in [1.54, 1.807) is 36.1 Å². The molecule has 1 atom stereocenters. The third kappa shape index (κ3) is 3.42. The summed E-state index contributed by atoms with van der Waals surface area (Å²) in [6, 6.07) is 14.4. The molecule has 4 heterocycles. The molecule has 3 aliphatic rings. The van der Waals surface area contributed by atoms with Gasteiger partial charge >= 0.3 is 6.03 Å². The van der Waals surface area contributed by atoms with E-state index in [0.717, 1.165) is 35.2 Å². The molecule has 2 N–H and O–H groups in total. The molecule has 2 fully saturated rings. The van der Waals surface area contributed by atoms with Crippen molar-refractivity contribution in [3.8, 4) is 0 Å². The first-order chi connectivity index (χ1) is 17.5. The van der Waals surface area contributed by atoms with Crippen LogP contribution in [0.4, 0.5) is 10.5 Å². The molecular formula is C27H29N5O4. The first-order valence-electron chi connectivity index (χ1n) is 12.4. The van der Waals surface area contributed by atoms with E-state index in [1.807, 2.05) is 24.3 Å². The highest BCUT2D eigenvalue weighted by molar-refractivity contribution is 6.25. The van der Waals surface area contributed by atoms with Gasteiger partial charge in [-0.05, 0) is 37.1 Å². The van der Waals surface area contributed by atoms with Crippen LogP contribution in [-0.4, -0.2) is 78.6 Å². The standard InChI is InChI=1S/C27H29N5O4/c1-27-23-19(18-6-2-4-8-21(18)29-23)10-12-31(27)26(35)32(25(27)34)22-9-5-3-7-20(22)24(33)28-11-13-30-14-16-36-17-15-30/h2-9,29H,10-17H2,1H3,(H,28,33). The molecule has 1 unspecified atom stereocenters. The Hall–Kier alpha value is -3.69. The molecule has 0 aliphatic carbocycles. The summed E-state index contributed by atoms with van der Waals surface area (Å²) >= 11 is 0. The number of hydrogen-bond acceptors (Lipinski definition) is 5. The summed E-state index contributed by atoms with van der Waals surface area (Å²) in [7, 11) is 0. The Kier molecular flexibility index (Phi) is 5.54. The number of benzene rings is 2. The predicted molar refractivity (Wildman–Crippen MR) is 135 cm³/mol. The number of nitrogens with zero attached hydrogens (tertiary/aromatic N) is 3. The van der Waals surface area contributed by atoms with Gasteiger partial charge in [-0.2, -0.15) is 0 Å². The van der Waals surface area contributed by atoms with Crippen molar-refractivity contribution < 1.29 is 19.1 Å². The number of imide groups is 1. The van der Waals surface area contributed by atoms with E-state index in [1.165, 1.54) is 4.90 Å². The zero-order chi connectivity index (χ0) is 24.9. The third-order valence-corrected chi connectivity index (χ3v) is 7.67. The molecule has 3 aromatic rings. The molecule has 0 bridgehead atoms. The van der Waals surface area contributed by atoms with Gasteiger partial charge in [0.05, 0.1) is 30.2 Å². The lowest BCUT2D eigenvalue weighted by Gasteiger charge is -2.35. The number of nitrogens with one attached hydrogen (secondary N) is 2. The van der Waals surface area contributed by atoms with Gasteiger partial charge < -0.3 is 19.9 Å². The van der Waals surface area contributed by atoms with Crippen molar-refractivity contribution >= 4 is 34.4 Å². The number of urea groups is 1. The average Bonchev–Trinajstić information content (AvgIpc) is 3.38. The second-order valence-electron chi connectivity index (χ2n) is 9.65. The molecule has 4 amide bonds. The number of rotatable bonds is 5. The number of fused-ring (bicyclic) bond motifs is 5. The first kappa shape index (κ1) is 22.8. The maximum atomic E-state index is 14.0. The largest absolute Gasteiger partial charge is 0.379 e. The number of aromatic nitrogens is 1. The minimum atomic E-state index is -1.16. The molecule has 9 heteroatoms. The van der Waals surface area contributed by atoms with Crippen molar-refractivity contribution in [1.29, 1.82) is 0 Å². The summed E-state index contributed by atoms with van der Waals surface area (Å²) in [5.74, 6) is -0.658. The van der Waals surface area contributed by atoms with Gasteiger partial charge in [0.1, 0.15) is 0 Å². The average molecular weight is 488 g/mol. The zero-order valence-electron chi connectivity index (χ0n) is 20.3. The van der Waals surface area contributed by atoms with E-state index >= 15 is 0 Å². The summed E-state index contributed by atoms with van der Waals surface area (Å²) in [5, 5.41) is 4.03. The molecule has 3 aliphatic heterocycles. The summed E-state index contributed by atoms with van der Waals surface area (Å²) in [5.41, 5.74) is 2.23. The number of anilines is 1. The van der Waals surface area contributed by atoms with Crippen molar-refractivity contribution in [3.05, 3.63) is 65.4 Å². The fraction of sp³-hybridized carbons (Fsp3) is 0.370. The second kappa shape index (κ2) is 8.76. The second-order valence-corrected chi connectivity index (χ2v) is 9.65. The monoisotopic (exact) mass is 487 g/mol. The topological polar surface area (TPSA) is 98.0 Å². The fourth-order valence-corrected chi connectivity index (χ4v) is 5.71. The van der Waals surface area contributed by atoms with Gasteiger partial charge in [0, 0.05) is 43.6 Å². The molecule has 0 saturated carbocycles. The van der Waals surface area contributed by atoms with Gasteiger partial charge in [-0.15, -0.1) is 0 Å². The lowest BCUT2D eigenvalue weighted by molar-refractivity contribution is -0.125. The van der Waals surface area contributed by atoms with E-state index < -0.39 is 11.6 Å². The maximum absolute atomic E-state index is 14.0. The number of H-pyrrole nitrogens is 1. The quantitative estimate of drug-likeness (QED) is 0.539. The van der Waals surface area contributed by atoms with Crippen LogP contribution >= 0.6 is 0 Å². The molecule has 1 aromatic heterocycles. The molecule has 186 valence electrons. The van der Waals surface area contributed by atoms with Crippen LogP contribution in [0.2, 0.25) is 0 Å². The van der Waals surface area contributed by atoms with Gasteiger partial charge in [-0.1, -0.05) is 30.3 Å². The molecule has 0 radical (unpaired) electrons. The third-order valence-electron chi connectivity index (χ3n) is 7.67. The normalized spacial score (nSPS) is 22.1. The molecule has 36 heavy (non-hydrogen) atoms.